The zero-order valence-electron chi connectivity index (χ0n) is 11.3. The van der Waals surface area contributed by atoms with E-state index in [0.717, 1.165) is 21.3 Å². The molecule has 0 aromatic heterocycles. The molecule has 0 aliphatic carbocycles. The summed E-state index contributed by atoms with van der Waals surface area (Å²) in [5.74, 6) is 0. The van der Waals surface area contributed by atoms with Gasteiger partial charge in [0.1, 0.15) is 0 Å². The molecule has 0 spiro atoms. The zero-order valence-corrected chi connectivity index (χ0v) is 12.8. The lowest BCUT2D eigenvalue weighted by molar-refractivity contribution is -0.384. The smallest absolute Gasteiger partial charge is 0.269 e. The summed E-state index contributed by atoms with van der Waals surface area (Å²) >= 11 is 3.46. The van der Waals surface area contributed by atoms with E-state index in [0.29, 0.717) is 0 Å². The topological polar surface area (TPSA) is 55.2 Å². The van der Waals surface area contributed by atoms with Crippen molar-refractivity contribution >= 4 is 27.3 Å². The molecule has 2 aromatic rings. The van der Waals surface area contributed by atoms with Gasteiger partial charge >= 0.3 is 0 Å². The van der Waals surface area contributed by atoms with Crippen LogP contribution in [0.5, 0.6) is 0 Å². The first-order valence-electron chi connectivity index (χ1n) is 6.24. The number of nitrogens with one attached hydrogen (secondary N) is 1. The van der Waals surface area contributed by atoms with Crippen LogP contribution in [0.2, 0.25) is 0 Å². The van der Waals surface area contributed by atoms with E-state index < -0.39 is 0 Å². The molecular formula is C15H15BrN2O2. The lowest BCUT2D eigenvalue weighted by Gasteiger charge is -2.16. The van der Waals surface area contributed by atoms with Crippen LogP contribution in [0.4, 0.5) is 11.4 Å². The maximum atomic E-state index is 10.8. The summed E-state index contributed by atoms with van der Waals surface area (Å²) in [5, 5.41) is 14.1. The molecule has 0 bridgehead atoms. The molecule has 0 saturated carbocycles. The molecule has 2 rings (SSSR count). The molecule has 4 nitrogen and oxygen atoms in total. The van der Waals surface area contributed by atoms with Crippen molar-refractivity contribution < 1.29 is 4.92 Å². The second-order valence-corrected chi connectivity index (χ2v) is 5.54. The van der Waals surface area contributed by atoms with E-state index in [-0.39, 0.29) is 16.7 Å². The van der Waals surface area contributed by atoms with Gasteiger partial charge < -0.3 is 5.32 Å². The van der Waals surface area contributed by atoms with Crippen molar-refractivity contribution in [3.05, 3.63) is 68.2 Å². The van der Waals surface area contributed by atoms with Crippen LogP contribution in [0.3, 0.4) is 0 Å². The fourth-order valence-corrected chi connectivity index (χ4v) is 2.22. The number of rotatable bonds is 4. The first-order valence-corrected chi connectivity index (χ1v) is 7.03. The molecular weight excluding hydrogens is 320 g/mol. The van der Waals surface area contributed by atoms with Crippen LogP contribution in [0.15, 0.2) is 46.9 Å². The van der Waals surface area contributed by atoms with Crippen molar-refractivity contribution in [1.29, 1.82) is 0 Å². The highest BCUT2D eigenvalue weighted by Crippen LogP contribution is 2.25. The highest BCUT2D eigenvalue weighted by atomic mass is 79.9. The van der Waals surface area contributed by atoms with Crippen LogP contribution < -0.4 is 5.32 Å². The van der Waals surface area contributed by atoms with Gasteiger partial charge in [0.2, 0.25) is 0 Å². The number of halogens is 1. The summed E-state index contributed by atoms with van der Waals surface area (Å²) in [5.41, 5.74) is 3.13. The number of nitro groups is 1. The van der Waals surface area contributed by atoms with Gasteiger partial charge in [-0.15, -0.1) is 0 Å². The minimum atomic E-state index is -0.375. The Labute approximate surface area is 126 Å². The molecule has 1 unspecified atom stereocenters. The number of hydrogen-bond donors (Lipinski definition) is 1. The first kappa shape index (κ1) is 14.5. The van der Waals surface area contributed by atoms with Gasteiger partial charge in [-0.3, -0.25) is 10.1 Å². The van der Waals surface area contributed by atoms with Crippen molar-refractivity contribution in [1.82, 2.24) is 0 Å². The molecule has 0 aliphatic heterocycles. The second kappa shape index (κ2) is 6.05. The van der Waals surface area contributed by atoms with Gasteiger partial charge in [-0.25, -0.2) is 0 Å². The Balaban J connectivity index is 2.19. The van der Waals surface area contributed by atoms with Crippen LogP contribution in [0.1, 0.15) is 24.1 Å². The number of benzene rings is 2. The number of nitro benzene ring substituents is 1. The predicted octanol–water partition coefficient (Wildman–Crippen LogP) is 4.84. The summed E-state index contributed by atoms with van der Waals surface area (Å²) in [7, 11) is 0. The summed E-state index contributed by atoms with van der Waals surface area (Å²) in [6.45, 7) is 4.00. The van der Waals surface area contributed by atoms with Gasteiger partial charge in [0.15, 0.2) is 0 Å². The van der Waals surface area contributed by atoms with Gasteiger partial charge in [0.25, 0.3) is 5.69 Å². The second-order valence-electron chi connectivity index (χ2n) is 4.68. The van der Waals surface area contributed by atoms with Crippen molar-refractivity contribution in [2.75, 3.05) is 5.32 Å². The number of aryl methyl sites for hydroxylation is 1. The van der Waals surface area contributed by atoms with Crippen LogP contribution in [-0.4, -0.2) is 4.92 Å². The summed E-state index contributed by atoms with van der Waals surface area (Å²) in [4.78, 5) is 10.4. The molecule has 0 aliphatic rings. The van der Waals surface area contributed by atoms with E-state index in [1.165, 1.54) is 6.07 Å². The van der Waals surface area contributed by atoms with Crippen molar-refractivity contribution in [2.45, 2.75) is 19.9 Å². The van der Waals surface area contributed by atoms with Crippen molar-refractivity contribution in [3.8, 4) is 0 Å². The van der Waals surface area contributed by atoms with Gasteiger partial charge in [0.05, 0.1) is 4.92 Å². The Morgan fingerprint density at radius 2 is 2.00 bits per heavy atom. The summed E-state index contributed by atoms with van der Waals surface area (Å²) < 4.78 is 1.06. The van der Waals surface area contributed by atoms with E-state index in [1.54, 1.807) is 12.1 Å². The normalized spacial score (nSPS) is 11.9. The van der Waals surface area contributed by atoms with Crippen LogP contribution in [0, 0.1) is 17.0 Å². The predicted molar refractivity (Wildman–Crippen MR) is 84.0 cm³/mol. The molecule has 5 heteroatoms. The average Bonchev–Trinajstić information content (AvgIpc) is 2.43. The maximum absolute atomic E-state index is 10.8. The lowest BCUT2D eigenvalue weighted by Crippen LogP contribution is -2.07. The monoisotopic (exact) mass is 334 g/mol. The van der Waals surface area contributed by atoms with E-state index in [2.05, 4.69) is 21.2 Å². The Bertz CT molecular complexity index is 644. The third-order valence-corrected chi connectivity index (χ3v) is 4.01. The Hall–Kier alpha value is -1.88. The van der Waals surface area contributed by atoms with Crippen LogP contribution >= 0.6 is 15.9 Å². The highest BCUT2D eigenvalue weighted by molar-refractivity contribution is 9.10. The third kappa shape index (κ3) is 3.36. The molecule has 0 saturated heterocycles. The molecule has 20 heavy (non-hydrogen) atoms. The summed E-state index contributed by atoms with van der Waals surface area (Å²) in [6, 6.07) is 12.7. The van der Waals surface area contributed by atoms with E-state index in [1.807, 2.05) is 38.1 Å². The molecule has 0 fully saturated rings. The minimum Gasteiger partial charge on any atom is -0.379 e. The van der Waals surface area contributed by atoms with Crippen molar-refractivity contribution in [2.24, 2.45) is 0 Å². The number of hydrogen-bond acceptors (Lipinski definition) is 3. The Kier molecular flexibility index (Phi) is 4.39. The van der Waals surface area contributed by atoms with E-state index in [9.17, 15) is 10.1 Å². The Morgan fingerprint density at radius 1 is 1.25 bits per heavy atom. The Morgan fingerprint density at radius 3 is 2.65 bits per heavy atom. The summed E-state index contributed by atoms with van der Waals surface area (Å²) in [6.07, 6.45) is 0. The fraction of sp³-hybridized carbons (Fsp3) is 0.200. The van der Waals surface area contributed by atoms with Crippen molar-refractivity contribution in [3.63, 3.8) is 0 Å². The van der Waals surface area contributed by atoms with Crippen LogP contribution in [-0.2, 0) is 0 Å². The zero-order chi connectivity index (χ0) is 14.7. The molecule has 0 heterocycles. The molecule has 0 amide bonds. The van der Waals surface area contributed by atoms with E-state index in [4.69, 9.17) is 0 Å². The fourth-order valence-electron chi connectivity index (χ4n) is 1.98. The van der Waals surface area contributed by atoms with Gasteiger partial charge in [0, 0.05) is 28.3 Å². The molecule has 2 aromatic carbocycles. The minimum absolute atomic E-state index is 0.00419. The maximum Gasteiger partial charge on any atom is 0.269 e. The average molecular weight is 335 g/mol. The van der Waals surface area contributed by atoms with Gasteiger partial charge in [-0.1, -0.05) is 28.1 Å². The molecule has 104 valence electrons. The number of nitrogens with zero attached hydrogens (tertiary/aromatic N) is 1. The number of anilines is 1. The molecule has 0 radical (unpaired) electrons. The standard InChI is InChI=1S/C15H15BrN2O2/c1-10-8-13(6-7-15(10)16)17-11(2)12-4-3-5-14(9-12)18(19)20/h3-9,11,17H,1-2H3. The molecule has 1 N–H and O–H groups in total. The van der Waals surface area contributed by atoms with Gasteiger partial charge in [-0.2, -0.15) is 0 Å². The van der Waals surface area contributed by atoms with Gasteiger partial charge in [-0.05, 0) is 43.2 Å². The lowest BCUT2D eigenvalue weighted by atomic mass is 10.1. The number of non-ortho nitro benzene ring substituents is 1. The van der Waals surface area contributed by atoms with Crippen LogP contribution in [0.25, 0.3) is 0 Å². The first-order chi connectivity index (χ1) is 9.47. The molecule has 1 atom stereocenters. The quantitative estimate of drug-likeness (QED) is 0.642. The third-order valence-electron chi connectivity index (χ3n) is 3.12. The highest BCUT2D eigenvalue weighted by Gasteiger charge is 2.11. The largest absolute Gasteiger partial charge is 0.379 e. The SMILES string of the molecule is Cc1cc(NC(C)c2cccc([N+](=O)[O-])c2)ccc1Br. The van der Waals surface area contributed by atoms with E-state index >= 15 is 0 Å².